The summed E-state index contributed by atoms with van der Waals surface area (Å²) in [5.41, 5.74) is 5.75. The number of carboxylic acids is 1. The maximum Gasteiger partial charge on any atom is 0.341 e. The van der Waals surface area contributed by atoms with Crippen molar-refractivity contribution in [1.29, 1.82) is 0 Å². The standard InChI is InChI=1S/C20H20N2O4/c1-12(2)9-10-13-5-3-7-15-18(13)22-19-14(6-4-8-16(19)21-15)20(25)26-11-17(23)24/h3-9,21-22H,10-11H2,1-2H3,(H,23,24). The number of esters is 1. The van der Waals surface area contributed by atoms with Crippen molar-refractivity contribution in [2.75, 3.05) is 17.2 Å². The number of carbonyl (C=O) groups is 2. The van der Waals surface area contributed by atoms with Crippen molar-refractivity contribution in [3.8, 4) is 0 Å². The lowest BCUT2D eigenvalue weighted by atomic mass is 10.0. The quantitative estimate of drug-likeness (QED) is 0.470. The van der Waals surface area contributed by atoms with E-state index in [1.54, 1.807) is 12.1 Å². The molecule has 0 fully saturated rings. The van der Waals surface area contributed by atoms with Gasteiger partial charge in [-0.25, -0.2) is 9.59 Å². The third-order valence-corrected chi connectivity index (χ3v) is 4.01. The SMILES string of the molecule is CC(C)=CCc1cccc2c1Nc1c(cccc1C(=O)OCC(=O)O)N2. The van der Waals surface area contributed by atoms with Crippen LogP contribution in [0.3, 0.4) is 0 Å². The van der Waals surface area contributed by atoms with Gasteiger partial charge in [0.2, 0.25) is 0 Å². The molecule has 3 N–H and O–H groups in total. The highest BCUT2D eigenvalue weighted by Gasteiger charge is 2.23. The second kappa shape index (κ2) is 7.31. The van der Waals surface area contributed by atoms with Crippen molar-refractivity contribution in [2.24, 2.45) is 0 Å². The molecule has 0 aromatic heterocycles. The number of carbonyl (C=O) groups excluding carboxylic acids is 1. The zero-order valence-corrected chi connectivity index (χ0v) is 14.6. The highest BCUT2D eigenvalue weighted by Crippen LogP contribution is 2.42. The number of allylic oxidation sites excluding steroid dienone is 2. The van der Waals surface area contributed by atoms with Crippen LogP contribution in [0.4, 0.5) is 22.7 Å². The Bertz CT molecular complexity index is 899. The summed E-state index contributed by atoms with van der Waals surface area (Å²) in [5, 5.41) is 15.4. The van der Waals surface area contributed by atoms with Crippen LogP contribution in [0, 0.1) is 0 Å². The van der Waals surface area contributed by atoms with Gasteiger partial charge < -0.3 is 20.5 Å². The van der Waals surface area contributed by atoms with Crippen LogP contribution in [0.2, 0.25) is 0 Å². The summed E-state index contributed by atoms with van der Waals surface area (Å²) in [4.78, 5) is 22.9. The van der Waals surface area contributed by atoms with Crippen molar-refractivity contribution in [3.63, 3.8) is 0 Å². The largest absolute Gasteiger partial charge is 0.479 e. The molecule has 0 saturated heterocycles. The summed E-state index contributed by atoms with van der Waals surface area (Å²) in [7, 11) is 0. The number of rotatable bonds is 5. The number of carboxylic acid groups (broad SMARTS) is 1. The highest BCUT2D eigenvalue weighted by molar-refractivity contribution is 6.04. The summed E-state index contributed by atoms with van der Waals surface area (Å²) >= 11 is 0. The zero-order valence-electron chi connectivity index (χ0n) is 14.6. The molecule has 0 spiro atoms. The second-order valence-electron chi connectivity index (χ2n) is 6.27. The van der Waals surface area contributed by atoms with Crippen LogP contribution in [-0.4, -0.2) is 23.7 Å². The van der Waals surface area contributed by atoms with E-state index < -0.39 is 18.5 Å². The Morgan fingerprint density at radius 3 is 2.42 bits per heavy atom. The molecule has 2 aromatic rings. The monoisotopic (exact) mass is 352 g/mol. The highest BCUT2D eigenvalue weighted by atomic mass is 16.5. The van der Waals surface area contributed by atoms with Gasteiger partial charge in [-0.2, -0.15) is 0 Å². The van der Waals surface area contributed by atoms with E-state index in [0.717, 1.165) is 29.0 Å². The molecule has 0 radical (unpaired) electrons. The fraction of sp³-hybridized carbons (Fsp3) is 0.200. The van der Waals surface area contributed by atoms with Gasteiger partial charge in [-0.15, -0.1) is 0 Å². The number of anilines is 4. The Morgan fingerprint density at radius 1 is 1.04 bits per heavy atom. The zero-order chi connectivity index (χ0) is 18.7. The van der Waals surface area contributed by atoms with Crippen molar-refractivity contribution < 1.29 is 19.4 Å². The molecule has 1 aliphatic heterocycles. The Hall–Kier alpha value is -3.28. The average molecular weight is 352 g/mol. The molecule has 0 aliphatic carbocycles. The van der Waals surface area contributed by atoms with Crippen LogP contribution >= 0.6 is 0 Å². The van der Waals surface area contributed by atoms with Crippen LogP contribution in [0.5, 0.6) is 0 Å². The Labute approximate surface area is 151 Å². The van der Waals surface area contributed by atoms with Gasteiger partial charge in [-0.05, 0) is 44.0 Å². The van der Waals surface area contributed by atoms with Crippen molar-refractivity contribution in [3.05, 3.63) is 59.2 Å². The van der Waals surface area contributed by atoms with E-state index in [2.05, 4.69) is 16.7 Å². The minimum absolute atomic E-state index is 0.291. The lowest BCUT2D eigenvalue weighted by Crippen LogP contribution is -2.17. The number of ether oxygens (including phenoxy) is 1. The third-order valence-electron chi connectivity index (χ3n) is 4.01. The first kappa shape index (κ1) is 17.5. The normalized spacial score (nSPS) is 11.3. The summed E-state index contributed by atoms with van der Waals surface area (Å²) in [6.07, 6.45) is 2.90. The van der Waals surface area contributed by atoms with E-state index in [1.165, 1.54) is 5.57 Å². The Kier molecular flexibility index (Phi) is 4.93. The number of hydrogen-bond donors (Lipinski definition) is 3. The number of hydrogen-bond acceptors (Lipinski definition) is 5. The minimum atomic E-state index is -1.19. The van der Waals surface area contributed by atoms with Gasteiger partial charge in [-0.3, -0.25) is 0 Å². The van der Waals surface area contributed by atoms with E-state index in [4.69, 9.17) is 9.84 Å². The third kappa shape index (κ3) is 3.69. The molecular formula is C20H20N2O4. The average Bonchev–Trinajstić information content (AvgIpc) is 2.62. The number of benzene rings is 2. The molecule has 0 atom stereocenters. The summed E-state index contributed by atoms with van der Waals surface area (Å²) in [5.74, 6) is -1.87. The van der Waals surface area contributed by atoms with Gasteiger partial charge in [0.1, 0.15) is 0 Å². The van der Waals surface area contributed by atoms with Gasteiger partial charge in [0.05, 0.1) is 28.3 Å². The molecule has 6 nitrogen and oxygen atoms in total. The predicted molar refractivity (Wildman–Crippen MR) is 101 cm³/mol. The molecule has 0 bridgehead atoms. The van der Waals surface area contributed by atoms with Gasteiger partial charge >= 0.3 is 11.9 Å². The van der Waals surface area contributed by atoms with Crippen LogP contribution in [0.25, 0.3) is 0 Å². The first-order valence-electron chi connectivity index (χ1n) is 8.27. The molecular weight excluding hydrogens is 332 g/mol. The fourth-order valence-electron chi connectivity index (χ4n) is 2.77. The van der Waals surface area contributed by atoms with E-state index in [-0.39, 0.29) is 0 Å². The van der Waals surface area contributed by atoms with E-state index in [1.807, 2.05) is 38.1 Å². The van der Waals surface area contributed by atoms with Crippen LogP contribution in [-0.2, 0) is 16.0 Å². The molecule has 26 heavy (non-hydrogen) atoms. The topological polar surface area (TPSA) is 87.7 Å². The number of nitrogens with one attached hydrogen (secondary N) is 2. The van der Waals surface area contributed by atoms with Crippen molar-refractivity contribution in [1.82, 2.24) is 0 Å². The van der Waals surface area contributed by atoms with E-state index >= 15 is 0 Å². The van der Waals surface area contributed by atoms with Gasteiger partial charge in [0, 0.05) is 0 Å². The first-order chi connectivity index (χ1) is 12.5. The van der Waals surface area contributed by atoms with Crippen LogP contribution in [0.15, 0.2) is 48.0 Å². The molecule has 1 aliphatic rings. The summed E-state index contributed by atoms with van der Waals surface area (Å²) < 4.78 is 4.84. The lowest BCUT2D eigenvalue weighted by Gasteiger charge is -2.26. The second-order valence-corrected chi connectivity index (χ2v) is 6.27. The maximum absolute atomic E-state index is 12.3. The Balaban J connectivity index is 1.94. The molecule has 1 heterocycles. The molecule has 3 rings (SSSR count). The molecule has 0 amide bonds. The Morgan fingerprint density at radius 2 is 1.73 bits per heavy atom. The number of aliphatic carboxylic acids is 1. The van der Waals surface area contributed by atoms with Crippen LogP contribution in [0.1, 0.15) is 29.8 Å². The molecule has 0 unspecified atom stereocenters. The number of para-hydroxylation sites is 2. The summed E-state index contributed by atoms with van der Waals surface area (Å²) in [6, 6.07) is 11.2. The summed E-state index contributed by atoms with van der Waals surface area (Å²) in [6.45, 7) is 3.43. The smallest absolute Gasteiger partial charge is 0.341 e. The predicted octanol–water partition coefficient (Wildman–Crippen LogP) is 4.24. The number of fused-ring (bicyclic) bond motifs is 2. The van der Waals surface area contributed by atoms with E-state index in [9.17, 15) is 9.59 Å². The lowest BCUT2D eigenvalue weighted by molar-refractivity contribution is -0.140. The van der Waals surface area contributed by atoms with Gasteiger partial charge in [0.15, 0.2) is 6.61 Å². The molecule has 0 saturated carbocycles. The van der Waals surface area contributed by atoms with Gasteiger partial charge in [-0.1, -0.05) is 29.8 Å². The van der Waals surface area contributed by atoms with Crippen molar-refractivity contribution in [2.45, 2.75) is 20.3 Å². The molecule has 134 valence electrons. The minimum Gasteiger partial charge on any atom is -0.479 e. The molecule has 6 heteroatoms. The first-order valence-corrected chi connectivity index (χ1v) is 8.27. The maximum atomic E-state index is 12.3. The van der Waals surface area contributed by atoms with Gasteiger partial charge in [0.25, 0.3) is 0 Å². The molecule has 2 aromatic carbocycles. The van der Waals surface area contributed by atoms with Crippen molar-refractivity contribution >= 4 is 34.7 Å². The van der Waals surface area contributed by atoms with E-state index in [0.29, 0.717) is 11.3 Å². The van der Waals surface area contributed by atoms with Crippen LogP contribution < -0.4 is 10.6 Å². The fourth-order valence-corrected chi connectivity index (χ4v) is 2.77.